The van der Waals surface area contributed by atoms with Crippen molar-refractivity contribution in [1.82, 2.24) is 19.5 Å². The molecule has 170 valence electrons. The predicted octanol–water partition coefficient (Wildman–Crippen LogP) is 6.63. The Balaban J connectivity index is 1.56. The van der Waals surface area contributed by atoms with Crippen molar-refractivity contribution in [3.05, 3.63) is 95.3 Å². The van der Waals surface area contributed by atoms with Gasteiger partial charge in [-0.05, 0) is 73.0 Å². The molecule has 0 aliphatic rings. The molecule has 0 amide bonds. The topological polar surface area (TPSA) is 64.9 Å². The van der Waals surface area contributed by atoms with Gasteiger partial charge in [0.2, 0.25) is 0 Å². The number of hydrogen-bond donors (Lipinski definition) is 1. The van der Waals surface area contributed by atoms with E-state index in [4.69, 9.17) is 21.3 Å². The number of fused-ring (bicyclic) bond motifs is 1. The standard InChI is InChI=1S/C26H22ClN5OS/c1-17-3-13-22(14-4-17)34-31-24-23-26(29-16-28-24)32(15-18-5-9-20(27)10-6-18)25(30-23)19-7-11-21(33-2)12-8-19/h3-14,16H,15H2,1-2H3,(H,28,29,31). The average molecular weight is 488 g/mol. The van der Waals surface area contributed by atoms with Crippen LogP contribution < -0.4 is 9.46 Å². The van der Waals surface area contributed by atoms with Crippen LogP contribution in [0.3, 0.4) is 0 Å². The molecule has 1 N–H and O–H groups in total. The number of rotatable bonds is 7. The summed E-state index contributed by atoms with van der Waals surface area (Å²) in [6, 6.07) is 24.0. The number of aromatic nitrogens is 4. The maximum absolute atomic E-state index is 6.10. The lowest BCUT2D eigenvalue weighted by molar-refractivity contribution is 0.415. The van der Waals surface area contributed by atoms with Crippen molar-refractivity contribution in [2.45, 2.75) is 18.4 Å². The van der Waals surface area contributed by atoms with E-state index in [1.165, 1.54) is 17.5 Å². The monoisotopic (exact) mass is 487 g/mol. The molecular weight excluding hydrogens is 466 g/mol. The molecule has 0 unspecified atom stereocenters. The van der Waals surface area contributed by atoms with Gasteiger partial charge in [0.25, 0.3) is 0 Å². The maximum Gasteiger partial charge on any atom is 0.167 e. The molecule has 2 aromatic heterocycles. The number of methoxy groups -OCH3 is 1. The fraction of sp³-hybridized carbons (Fsp3) is 0.115. The second-order valence-electron chi connectivity index (χ2n) is 7.79. The van der Waals surface area contributed by atoms with Crippen molar-refractivity contribution in [1.29, 1.82) is 0 Å². The van der Waals surface area contributed by atoms with Crippen LogP contribution in [0.4, 0.5) is 5.82 Å². The van der Waals surface area contributed by atoms with Crippen LogP contribution in [-0.4, -0.2) is 26.6 Å². The Morgan fingerprint density at radius 2 is 1.68 bits per heavy atom. The molecule has 8 heteroatoms. The quantitative estimate of drug-likeness (QED) is 0.260. The van der Waals surface area contributed by atoms with Crippen molar-refractivity contribution in [3.8, 4) is 17.1 Å². The Kier molecular flexibility index (Phi) is 6.38. The van der Waals surface area contributed by atoms with Crippen molar-refractivity contribution in [2.75, 3.05) is 11.8 Å². The minimum atomic E-state index is 0.594. The van der Waals surface area contributed by atoms with E-state index in [1.807, 2.05) is 48.5 Å². The summed E-state index contributed by atoms with van der Waals surface area (Å²) in [4.78, 5) is 15.1. The van der Waals surface area contributed by atoms with E-state index in [0.717, 1.165) is 33.2 Å². The SMILES string of the molecule is COc1ccc(-c2nc3c(NSc4ccc(C)cc4)ncnc3n2Cc2ccc(Cl)cc2)cc1. The maximum atomic E-state index is 6.10. The highest BCUT2D eigenvalue weighted by Crippen LogP contribution is 2.31. The highest BCUT2D eigenvalue weighted by molar-refractivity contribution is 8.00. The number of imidazole rings is 1. The highest BCUT2D eigenvalue weighted by Gasteiger charge is 2.18. The summed E-state index contributed by atoms with van der Waals surface area (Å²) in [6.45, 7) is 2.67. The smallest absolute Gasteiger partial charge is 0.167 e. The fourth-order valence-corrected chi connectivity index (χ4v) is 4.37. The van der Waals surface area contributed by atoms with Crippen molar-refractivity contribution >= 4 is 40.5 Å². The van der Waals surface area contributed by atoms with E-state index in [1.54, 1.807) is 13.4 Å². The first-order valence-corrected chi connectivity index (χ1v) is 11.9. The number of hydrogen-bond acceptors (Lipinski definition) is 6. The second kappa shape index (κ2) is 9.75. The Morgan fingerprint density at radius 1 is 0.941 bits per heavy atom. The third-order valence-electron chi connectivity index (χ3n) is 5.42. The third-order valence-corrected chi connectivity index (χ3v) is 6.48. The van der Waals surface area contributed by atoms with Crippen molar-refractivity contribution in [2.24, 2.45) is 0 Å². The number of nitrogens with one attached hydrogen (secondary N) is 1. The van der Waals surface area contributed by atoms with Gasteiger partial charge in [-0.1, -0.05) is 41.4 Å². The minimum absolute atomic E-state index is 0.594. The fourth-order valence-electron chi connectivity index (χ4n) is 3.61. The van der Waals surface area contributed by atoms with Crippen LogP contribution in [0.15, 0.2) is 84.0 Å². The largest absolute Gasteiger partial charge is 0.497 e. The van der Waals surface area contributed by atoms with Gasteiger partial charge in [0.05, 0.1) is 13.7 Å². The highest BCUT2D eigenvalue weighted by atomic mass is 35.5. The minimum Gasteiger partial charge on any atom is -0.497 e. The second-order valence-corrected chi connectivity index (χ2v) is 9.10. The van der Waals surface area contributed by atoms with E-state index in [2.05, 4.69) is 50.4 Å². The molecule has 0 aliphatic carbocycles. The first-order valence-electron chi connectivity index (χ1n) is 10.7. The number of anilines is 1. The normalized spacial score (nSPS) is 11.0. The molecular formula is C26H22ClN5OS. The lowest BCUT2D eigenvalue weighted by Crippen LogP contribution is -2.03. The number of benzene rings is 3. The van der Waals surface area contributed by atoms with Crippen LogP contribution in [-0.2, 0) is 6.54 Å². The summed E-state index contributed by atoms with van der Waals surface area (Å²) in [5.74, 6) is 2.26. The molecule has 0 saturated heterocycles. The number of aryl methyl sites for hydroxylation is 1. The Labute approximate surface area is 207 Å². The molecule has 6 nitrogen and oxygen atoms in total. The van der Waals surface area contributed by atoms with Gasteiger partial charge in [0.1, 0.15) is 17.9 Å². The van der Waals surface area contributed by atoms with Gasteiger partial charge in [-0.3, -0.25) is 0 Å². The van der Waals surface area contributed by atoms with E-state index in [-0.39, 0.29) is 0 Å². The molecule has 3 aromatic carbocycles. The summed E-state index contributed by atoms with van der Waals surface area (Å²) < 4.78 is 10.8. The van der Waals surface area contributed by atoms with Crippen LogP contribution in [0.25, 0.3) is 22.6 Å². The van der Waals surface area contributed by atoms with Crippen LogP contribution >= 0.6 is 23.5 Å². The third kappa shape index (κ3) is 4.71. The lowest BCUT2D eigenvalue weighted by Gasteiger charge is -2.10. The summed E-state index contributed by atoms with van der Waals surface area (Å²) in [5, 5.41) is 0.705. The number of halogens is 1. The molecule has 0 atom stereocenters. The van der Waals surface area contributed by atoms with E-state index in [0.29, 0.717) is 22.9 Å². The first kappa shape index (κ1) is 22.3. The van der Waals surface area contributed by atoms with Crippen LogP contribution in [0.2, 0.25) is 5.02 Å². The molecule has 0 spiro atoms. The first-order chi connectivity index (χ1) is 16.6. The Hall–Kier alpha value is -3.55. The zero-order valence-corrected chi connectivity index (χ0v) is 20.3. The predicted molar refractivity (Wildman–Crippen MR) is 139 cm³/mol. The molecule has 5 aromatic rings. The summed E-state index contributed by atoms with van der Waals surface area (Å²) in [7, 11) is 1.66. The summed E-state index contributed by atoms with van der Waals surface area (Å²) in [5.41, 5.74) is 4.74. The zero-order valence-electron chi connectivity index (χ0n) is 18.7. The molecule has 0 saturated carbocycles. The van der Waals surface area contributed by atoms with Crippen molar-refractivity contribution < 1.29 is 4.74 Å². The molecule has 0 aliphatic heterocycles. The van der Waals surface area contributed by atoms with E-state index < -0.39 is 0 Å². The van der Waals surface area contributed by atoms with Gasteiger partial charge in [0.15, 0.2) is 17.0 Å². The van der Waals surface area contributed by atoms with E-state index in [9.17, 15) is 0 Å². The summed E-state index contributed by atoms with van der Waals surface area (Å²) in [6.07, 6.45) is 1.57. The molecule has 34 heavy (non-hydrogen) atoms. The van der Waals surface area contributed by atoms with Crippen molar-refractivity contribution in [3.63, 3.8) is 0 Å². The average Bonchev–Trinajstić information content (AvgIpc) is 3.24. The molecule has 2 heterocycles. The van der Waals surface area contributed by atoms with Gasteiger partial charge in [0, 0.05) is 15.5 Å². The van der Waals surface area contributed by atoms with Gasteiger partial charge in [-0.2, -0.15) is 0 Å². The van der Waals surface area contributed by atoms with Gasteiger partial charge in [-0.25, -0.2) is 15.0 Å². The number of nitrogens with zero attached hydrogens (tertiary/aromatic N) is 4. The van der Waals surface area contributed by atoms with Gasteiger partial charge < -0.3 is 14.0 Å². The Morgan fingerprint density at radius 3 is 2.38 bits per heavy atom. The van der Waals surface area contributed by atoms with Crippen LogP contribution in [0.1, 0.15) is 11.1 Å². The molecule has 5 rings (SSSR count). The van der Waals surface area contributed by atoms with Crippen LogP contribution in [0, 0.1) is 6.92 Å². The lowest BCUT2D eigenvalue weighted by atomic mass is 10.2. The summed E-state index contributed by atoms with van der Waals surface area (Å²) >= 11 is 7.59. The van der Waals surface area contributed by atoms with Gasteiger partial charge >= 0.3 is 0 Å². The number of ether oxygens (including phenoxy) is 1. The van der Waals surface area contributed by atoms with Crippen LogP contribution in [0.5, 0.6) is 5.75 Å². The zero-order chi connectivity index (χ0) is 23.5. The van der Waals surface area contributed by atoms with E-state index >= 15 is 0 Å². The molecule has 0 radical (unpaired) electrons. The van der Waals surface area contributed by atoms with Gasteiger partial charge in [-0.15, -0.1) is 0 Å². The Bertz CT molecular complexity index is 1420. The molecule has 0 bridgehead atoms. The molecule has 0 fully saturated rings.